The molecule has 2 aliphatic rings. The number of likely N-dealkylation sites (tertiary alicyclic amines) is 1. The maximum Gasteiger partial charge on any atom is 0.410 e. The number of ether oxygens (including phenoxy) is 2. The van der Waals surface area contributed by atoms with Crippen LogP contribution in [0, 0.1) is 11.3 Å². The number of pyridine rings is 1. The molecule has 0 bridgehead atoms. The largest absolute Gasteiger partial charge is 0.477 e. The van der Waals surface area contributed by atoms with Gasteiger partial charge in [0.05, 0.1) is 17.6 Å². The van der Waals surface area contributed by atoms with Gasteiger partial charge in [0.15, 0.2) is 10.8 Å². The van der Waals surface area contributed by atoms with Gasteiger partial charge in [0.2, 0.25) is 5.88 Å². The van der Waals surface area contributed by atoms with E-state index in [1.807, 2.05) is 39.3 Å². The number of aromatic nitrogens is 5. The van der Waals surface area contributed by atoms with Gasteiger partial charge in [-0.25, -0.2) is 19.2 Å². The van der Waals surface area contributed by atoms with Crippen LogP contribution in [-0.4, -0.2) is 80.3 Å². The molecule has 51 heavy (non-hydrogen) atoms. The topological polar surface area (TPSA) is 151 Å². The van der Waals surface area contributed by atoms with Crippen molar-refractivity contribution < 1.29 is 40.7 Å². The number of halogens is 4. The molecule has 4 heterocycles. The highest BCUT2D eigenvalue weighted by atomic mass is 35.5. The fraction of sp³-hybridized carbons (Fsp3) is 0.606. The zero-order valence-electron chi connectivity index (χ0n) is 29.2. The standard InChI is InChI=1S/C33H43ClF3N7O6S/c1-30(2,3)50-29(46)43-21-22(20-31(43,4)5)8-6-16-42-17-12-26(40-42)51(47,48)41-28(45)23-9-10-24(38-27(23)34)44-18-11-25(39-44)49-19-7-13-32(14-15-32)33(35,36)37/h9-12,17-18,22H,6-8,13-16,19-21H2,1-5H3,(H,41,45). The summed E-state index contributed by atoms with van der Waals surface area (Å²) in [5.41, 5.74) is -2.73. The van der Waals surface area contributed by atoms with Crippen molar-refractivity contribution in [3.8, 4) is 11.7 Å². The summed E-state index contributed by atoms with van der Waals surface area (Å²) in [5.74, 6) is -0.396. The van der Waals surface area contributed by atoms with Crippen molar-refractivity contribution in [1.29, 1.82) is 0 Å². The first-order valence-corrected chi connectivity index (χ1v) is 18.6. The Balaban J connectivity index is 1.10. The summed E-state index contributed by atoms with van der Waals surface area (Å²) < 4.78 is 81.2. The van der Waals surface area contributed by atoms with E-state index in [1.54, 1.807) is 4.90 Å². The van der Waals surface area contributed by atoms with Gasteiger partial charge in [-0.2, -0.15) is 26.7 Å². The molecule has 3 aromatic rings. The first-order valence-electron chi connectivity index (χ1n) is 16.7. The molecule has 5 rings (SSSR count). The number of alkyl halides is 3. The molecular weight excluding hydrogens is 715 g/mol. The fourth-order valence-electron chi connectivity index (χ4n) is 6.25. The van der Waals surface area contributed by atoms with Crippen molar-refractivity contribution in [3.63, 3.8) is 0 Å². The molecule has 1 saturated heterocycles. The van der Waals surface area contributed by atoms with Gasteiger partial charge in [-0.15, -0.1) is 5.10 Å². The summed E-state index contributed by atoms with van der Waals surface area (Å²) in [7, 11) is -4.35. The summed E-state index contributed by atoms with van der Waals surface area (Å²) in [5, 5.41) is 7.70. The van der Waals surface area contributed by atoms with Crippen LogP contribution in [0.3, 0.4) is 0 Å². The van der Waals surface area contributed by atoms with Crippen LogP contribution in [0.5, 0.6) is 5.88 Å². The summed E-state index contributed by atoms with van der Waals surface area (Å²) in [6.07, 6.45) is 1.26. The molecule has 1 saturated carbocycles. The van der Waals surface area contributed by atoms with E-state index in [9.17, 15) is 31.2 Å². The molecule has 280 valence electrons. The smallest absolute Gasteiger partial charge is 0.410 e. The monoisotopic (exact) mass is 757 g/mol. The van der Waals surface area contributed by atoms with Gasteiger partial charge in [-0.3, -0.25) is 9.48 Å². The van der Waals surface area contributed by atoms with E-state index in [-0.39, 0.29) is 77.3 Å². The van der Waals surface area contributed by atoms with Crippen LogP contribution < -0.4 is 9.46 Å². The second-order valence-electron chi connectivity index (χ2n) is 14.8. The molecule has 18 heteroatoms. The molecule has 2 amide bonds. The lowest BCUT2D eigenvalue weighted by Gasteiger charge is -2.33. The van der Waals surface area contributed by atoms with Crippen LogP contribution >= 0.6 is 11.6 Å². The Morgan fingerprint density at radius 3 is 2.43 bits per heavy atom. The van der Waals surface area contributed by atoms with Crippen LogP contribution in [0.4, 0.5) is 18.0 Å². The highest BCUT2D eigenvalue weighted by Crippen LogP contribution is 2.60. The number of rotatable bonds is 13. The number of nitrogens with one attached hydrogen (secondary N) is 1. The van der Waals surface area contributed by atoms with E-state index in [0.717, 1.165) is 12.8 Å². The van der Waals surface area contributed by atoms with Gasteiger partial charge >= 0.3 is 12.3 Å². The third kappa shape index (κ3) is 9.33. The van der Waals surface area contributed by atoms with Crippen LogP contribution in [-0.2, 0) is 21.3 Å². The highest BCUT2D eigenvalue weighted by molar-refractivity contribution is 7.90. The molecule has 1 unspecified atom stereocenters. The summed E-state index contributed by atoms with van der Waals surface area (Å²) in [6, 6.07) is 5.49. The zero-order valence-corrected chi connectivity index (χ0v) is 30.7. The first kappa shape index (κ1) is 38.4. The number of hydrogen-bond acceptors (Lipinski definition) is 9. The predicted octanol–water partition coefficient (Wildman–Crippen LogP) is 6.55. The summed E-state index contributed by atoms with van der Waals surface area (Å²) in [4.78, 5) is 31.5. The Labute approximate surface area is 299 Å². The van der Waals surface area contributed by atoms with Gasteiger partial charge in [-0.05, 0) is 104 Å². The van der Waals surface area contributed by atoms with E-state index in [0.29, 0.717) is 19.5 Å². The highest BCUT2D eigenvalue weighted by Gasteiger charge is 2.62. The van der Waals surface area contributed by atoms with Gasteiger partial charge in [0.25, 0.3) is 15.9 Å². The lowest BCUT2D eigenvalue weighted by Crippen LogP contribution is -2.45. The van der Waals surface area contributed by atoms with E-state index < -0.39 is 33.1 Å². The molecule has 1 N–H and O–H groups in total. The lowest BCUT2D eigenvalue weighted by molar-refractivity contribution is -0.189. The fourth-order valence-corrected chi connectivity index (χ4v) is 7.39. The molecule has 1 aliphatic heterocycles. The number of carbonyl (C=O) groups is 2. The van der Waals surface area contributed by atoms with Crippen LogP contribution in [0.1, 0.15) is 89.9 Å². The third-order valence-corrected chi connectivity index (χ3v) is 10.6. The molecule has 3 aromatic heterocycles. The van der Waals surface area contributed by atoms with Gasteiger partial charge in [-0.1, -0.05) is 11.6 Å². The molecule has 1 aliphatic carbocycles. The Bertz CT molecular complexity index is 1850. The minimum absolute atomic E-state index is 0.00637. The molecule has 0 radical (unpaired) electrons. The molecule has 2 fully saturated rings. The van der Waals surface area contributed by atoms with E-state index in [2.05, 4.69) is 15.2 Å². The van der Waals surface area contributed by atoms with Crippen molar-refractivity contribution in [2.24, 2.45) is 11.3 Å². The Hall–Kier alpha value is -3.86. The molecule has 13 nitrogen and oxygen atoms in total. The minimum atomic E-state index is -4.35. The first-order chi connectivity index (χ1) is 23.7. The number of carbonyl (C=O) groups excluding carboxylic acids is 2. The van der Waals surface area contributed by atoms with E-state index >= 15 is 0 Å². The van der Waals surface area contributed by atoms with Crippen molar-refractivity contribution in [2.45, 2.75) is 108 Å². The molecular formula is C33H43ClF3N7O6S. The lowest BCUT2D eigenvalue weighted by atomic mass is 9.93. The van der Waals surface area contributed by atoms with Crippen molar-refractivity contribution >= 4 is 33.6 Å². The Kier molecular flexibility index (Phi) is 10.7. The van der Waals surface area contributed by atoms with Gasteiger partial charge in [0, 0.05) is 37.1 Å². The van der Waals surface area contributed by atoms with Crippen LogP contribution in [0.15, 0.2) is 41.7 Å². The second kappa shape index (κ2) is 14.3. The van der Waals surface area contributed by atoms with Gasteiger partial charge < -0.3 is 14.4 Å². The number of aryl methyl sites for hydroxylation is 1. The summed E-state index contributed by atoms with van der Waals surface area (Å²) in [6.45, 7) is 10.6. The van der Waals surface area contributed by atoms with Crippen molar-refractivity contribution in [2.75, 3.05) is 13.2 Å². The van der Waals surface area contributed by atoms with E-state index in [1.165, 1.54) is 46.0 Å². The molecule has 0 spiro atoms. The average Bonchev–Trinajstić information content (AvgIpc) is 3.30. The second-order valence-corrected chi connectivity index (χ2v) is 16.8. The van der Waals surface area contributed by atoms with E-state index in [4.69, 9.17) is 21.1 Å². The summed E-state index contributed by atoms with van der Waals surface area (Å²) >= 11 is 6.25. The third-order valence-electron chi connectivity index (χ3n) is 9.07. The zero-order chi connectivity index (χ0) is 37.4. The Morgan fingerprint density at radius 1 is 1.06 bits per heavy atom. The SMILES string of the molecule is CC(C)(C)OC(=O)N1CC(CCCn2ccc(S(=O)(=O)NC(=O)c3ccc(-n4ccc(OCCCC5(C(F)(F)F)CC5)n4)nc3Cl)n2)CC1(C)C. The molecule has 1 atom stereocenters. The minimum Gasteiger partial charge on any atom is -0.477 e. The number of sulfonamides is 1. The normalized spacial score (nSPS) is 18.5. The Morgan fingerprint density at radius 2 is 1.78 bits per heavy atom. The number of amides is 2. The maximum atomic E-state index is 13.1. The van der Waals surface area contributed by atoms with Crippen molar-refractivity contribution in [3.05, 3.63) is 47.4 Å². The number of nitrogens with zero attached hydrogens (tertiary/aromatic N) is 6. The quantitative estimate of drug-likeness (QED) is 0.151. The van der Waals surface area contributed by atoms with Crippen LogP contribution in [0.2, 0.25) is 5.15 Å². The number of hydrogen-bond donors (Lipinski definition) is 1. The maximum absolute atomic E-state index is 13.1. The predicted molar refractivity (Wildman–Crippen MR) is 180 cm³/mol. The van der Waals surface area contributed by atoms with Crippen molar-refractivity contribution in [1.82, 2.24) is 34.2 Å². The van der Waals surface area contributed by atoms with Gasteiger partial charge in [0.1, 0.15) is 10.8 Å². The molecule has 0 aromatic carbocycles. The van der Waals surface area contributed by atoms with Crippen LogP contribution in [0.25, 0.3) is 5.82 Å². The average molecular weight is 758 g/mol.